The van der Waals surface area contributed by atoms with Crippen molar-refractivity contribution in [1.29, 1.82) is 0 Å². The van der Waals surface area contributed by atoms with Gasteiger partial charge in [-0.2, -0.15) is 0 Å². The van der Waals surface area contributed by atoms with Crippen molar-refractivity contribution in [3.63, 3.8) is 0 Å². The highest BCUT2D eigenvalue weighted by atomic mass is 16.2. The quantitative estimate of drug-likeness (QED) is 0.410. The number of likely N-dealkylation sites (tertiary alicyclic amines) is 2. The van der Waals surface area contributed by atoms with Crippen LogP contribution in [-0.4, -0.2) is 73.4 Å². The number of rotatable bonds is 5. The van der Waals surface area contributed by atoms with E-state index in [9.17, 15) is 9.59 Å². The van der Waals surface area contributed by atoms with Crippen LogP contribution in [0.5, 0.6) is 0 Å². The Morgan fingerprint density at radius 1 is 1.08 bits per heavy atom. The zero-order valence-electron chi connectivity index (χ0n) is 20.8. The van der Waals surface area contributed by atoms with Gasteiger partial charge in [-0.05, 0) is 43.9 Å². The number of carbonyl (C=O) groups excluding carboxylic acids is 2. The molecule has 0 bridgehead atoms. The number of benzene rings is 1. The Morgan fingerprint density at radius 2 is 1.92 bits per heavy atom. The fourth-order valence-corrected chi connectivity index (χ4v) is 5.72. The van der Waals surface area contributed by atoms with Gasteiger partial charge in [-0.3, -0.25) is 9.59 Å². The molecule has 2 N–H and O–H groups in total. The number of nitrogens with zero attached hydrogens (tertiary/aromatic N) is 5. The fraction of sp³-hybridized carbons (Fsp3) is 0.357. The molecule has 0 radical (unpaired) electrons. The fourth-order valence-electron chi connectivity index (χ4n) is 5.72. The molecule has 0 unspecified atom stereocenters. The summed E-state index contributed by atoms with van der Waals surface area (Å²) in [6.07, 6.45) is 10.3. The topological polar surface area (TPSA) is 98.6 Å². The summed E-state index contributed by atoms with van der Waals surface area (Å²) >= 11 is 0. The van der Waals surface area contributed by atoms with Gasteiger partial charge in [0, 0.05) is 78.8 Å². The van der Waals surface area contributed by atoms with Gasteiger partial charge in [0.15, 0.2) is 5.65 Å². The van der Waals surface area contributed by atoms with Gasteiger partial charge < -0.3 is 20.1 Å². The number of fused-ring (bicyclic) bond motifs is 2. The minimum atomic E-state index is -0.0532. The van der Waals surface area contributed by atoms with Crippen molar-refractivity contribution in [3.05, 3.63) is 61.6 Å². The summed E-state index contributed by atoms with van der Waals surface area (Å²) in [5, 5.41) is 9.50. The molecule has 1 aromatic carbocycles. The summed E-state index contributed by atoms with van der Waals surface area (Å²) in [4.78, 5) is 36.9. The first-order valence-corrected chi connectivity index (χ1v) is 13.0. The van der Waals surface area contributed by atoms with Gasteiger partial charge >= 0.3 is 0 Å². The van der Waals surface area contributed by atoms with Crippen LogP contribution in [0.3, 0.4) is 0 Å². The Labute approximate surface area is 215 Å². The van der Waals surface area contributed by atoms with Gasteiger partial charge in [0.2, 0.25) is 11.8 Å². The van der Waals surface area contributed by atoms with E-state index in [0.717, 1.165) is 52.9 Å². The van der Waals surface area contributed by atoms with E-state index >= 15 is 0 Å². The molecule has 190 valence electrons. The Hall–Kier alpha value is -4.14. The third-order valence-electron chi connectivity index (χ3n) is 7.65. The number of amides is 2. The highest BCUT2D eigenvalue weighted by Gasteiger charge is 2.32. The van der Waals surface area contributed by atoms with Gasteiger partial charge in [0.05, 0.1) is 0 Å². The van der Waals surface area contributed by atoms with Gasteiger partial charge in [0.1, 0.15) is 5.82 Å². The Morgan fingerprint density at radius 3 is 2.76 bits per heavy atom. The molecule has 2 aliphatic rings. The first kappa shape index (κ1) is 23.3. The number of hydrogen-bond acceptors (Lipinski definition) is 5. The Balaban J connectivity index is 1.18. The lowest BCUT2D eigenvalue weighted by Crippen LogP contribution is -2.49. The van der Waals surface area contributed by atoms with Crippen LogP contribution in [0.4, 0.5) is 5.82 Å². The van der Waals surface area contributed by atoms with Crippen LogP contribution in [0.15, 0.2) is 61.6 Å². The monoisotopic (exact) mass is 497 g/mol. The number of aromatic amines is 1. The smallest absolute Gasteiger partial charge is 0.245 e. The van der Waals surface area contributed by atoms with Gasteiger partial charge in [0.25, 0.3) is 0 Å². The van der Waals surface area contributed by atoms with E-state index in [0.29, 0.717) is 32.5 Å². The van der Waals surface area contributed by atoms with E-state index in [2.05, 4.69) is 40.1 Å². The van der Waals surface area contributed by atoms with Crippen molar-refractivity contribution in [2.75, 3.05) is 31.5 Å². The SMILES string of the molecule is C=CC(=O)N1CCC(C(=O)N2CCC[C@@H](Nc3cc(-c4c[nH]c5ccccc45)c4nccn4n3)C2)CC1. The van der Waals surface area contributed by atoms with Crippen molar-refractivity contribution in [2.24, 2.45) is 5.92 Å². The minimum Gasteiger partial charge on any atom is -0.364 e. The summed E-state index contributed by atoms with van der Waals surface area (Å²) in [7, 11) is 0. The number of para-hydroxylation sites is 1. The predicted molar refractivity (Wildman–Crippen MR) is 143 cm³/mol. The van der Waals surface area contributed by atoms with Crippen LogP contribution in [0, 0.1) is 5.92 Å². The Kier molecular flexibility index (Phi) is 6.12. The highest BCUT2D eigenvalue weighted by molar-refractivity contribution is 5.99. The molecule has 0 aliphatic carbocycles. The number of carbonyl (C=O) groups is 2. The van der Waals surface area contributed by atoms with Crippen LogP contribution in [0.2, 0.25) is 0 Å². The van der Waals surface area contributed by atoms with Gasteiger partial charge in [-0.15, -0.1) is 5.10 Å². The first-order chi connectivity index (χ1) is 18.1. The standard InChI is InChI=1S/C28H31N7O2/c1-2-26(36)33-13-9-19(10-14-33)28(37)34-12-5-6-20(18-34)31-25-16-22(27-29-11-15-35(27)32-25)23-17-30-24-8-4-3-7-21(23)24/h2-4,7-8,11,15-17,19-20,30H,1,5-6,9-10,12-14,18H2,(H,31,32)/t20-/m1/s1. The normalized spacial score (nSPS) is 18.9. The molecule has 5 heterocycles. The zero-order chi connectivity index (χ0) is 25.4. The second-order valence-corrected chi connectivity index (χ2v) is 9.96. The number of hydrogen-bond donors (Lipinski definition) is 2. The molecular weight excluding hydrogens is 466 g/mol. The zero-order valence-corrected chi connectivity index (χ0v) is 20.8. The second kappa shape index (κ2) is 9.72. The number of piperidine rings is 2. The average Bonchev–Trinajstić information content (AvgIpc) is 3.59. The molecule has 2 aliphatic heterocycles. The molecule has 6 rings (SSSR count). The maximum absolute atomic E-state index is 13.3. The summed E-state index contributed by atoms with van der Waals surface area (Å²) in [6.45, 7) is 6.22. The summed E-state index contributed by atoms with van der Waals surface area (Å²) in [5.41, 5.74) is 3.97. The molecule has 2 saturated heterocycles. The van der Waals surface area contributed by atoms with E-state index in [1.54, 1.807) is 11.1 Å². The lowest BCUT2D eigenvalue weighted by molar-refractivity contribution is -0.140. The van der Waals surface area contributed by atoms with Crippen LogP contribution in [-0.2, 0) is 9.59 Å². The largest absolute Gasteiger partial charge is 0.364 e. The number of imidazole rings is 1. The first-order valence-electron chi connectivity index (χ1n) is 13.0. The minimum absolute atomic E-state index is 0.0264. The van der Waals surface area contributed by atoms with E-state index < -0.39 is 0 Å². The van der Waals surface area contributed by atoms with Crippen LogP contribution >= 0.6 is 0 Å². The molecule has 1 atom stereocenters. The van der Waals surface area contributed by atoms with Crippen molar-refractivity contribution < 1.29 is 9.59 Å². The van der Waals surface area contributed by atoms with Gasteiger partial charge in [-0.25, -0.2) is 9.50 Å². The molecule has 0 spiro atoms. The molecule has 2 amide bonds. The van der Waals surface area contributed by atoms with Crippen molar-refractivity contribution >= 4 is 34.2 Å². The lowest BCUT2D eigenvalue weighted by Gasteiger charge is -2.38. The van der Waals surface area contributed by atoms with E-state index in [-0.39, 0.29) is 23.8 Å². The Bertz CT molecular complexity index is 1460. The highest BCUT2D eigenvalue weighted by Crippen LogP contribution is 2.32. The van der Waals surface area contributed by atoms with E-state index in [1.807, 2.05) is 33.9 Å². The predicted octanol–water partition coefficient (Wildman–Crippen LogP) is 3.71. The van der Waals surface area contributed by atoms with E-state index in [4.69, 9.17) is 5.10 Å². The summed E-state index contributed by atoms with van der Waals surface area (Å²) in [5.74, 6) is 0.889. The molecule has 2 fully saturated rings. The molecule has 4 aromatic rings. The average molecular weight is 498 g/mol. The van der Waals surface area contributed by atoms with Crippen LogP contribution < -0.4 is 5.32 Å². The van der Waals surface area contributed by atoms with E-state index in [1.165, 1.54) is 6.08 Å². The third-order valence-corrected chi connectivity index (χ3v) is 7.65. The summed E-state index contributed by atoms with van der Waals surface area (Å²) in [6, 6.07) is 10.4. The lowest BCUT2D eigenvalue weighted by atomic mass is 9.93. The number of aromatic nitrogens is 4. The third kappa shape index (κ3) is 4.45. The summed E-state index contributed by atoms with van der Waals surface area (Å²) < 4.78 is 1.81. The maximum atomic E-state index is 13.3. The van der Waals surface area contributed by atoms with Crippen LogP contribution in [0.1, 0.15) is 25.7 Å². The van der Waals surface area contributed by atoms with Crippen LogP contribution in [0.25, 0.3) is 27.7 Å². The molecule has 3 aromatic heterocycles. The van der Waals surface area contributed by atoms with Crippen molar-refractivity contribution in [3.8, 4) is 11.1 Å². The second-order valence-electron chi connectivity index (χ2n) is 9.96. The van der Waals surface area contributed by atoms with Gasteiger partial charge in [-0.1, -0.05) is 24.8 Å². The molecule has 9 heteroatoms. The number of anilines is 1. The molecule has 9 nitrogen and oxygen atoms in total. The number of H-pyrrole nitrogens is 1. The molecule has 0 saturated carbocycles. The van der Waals surface area contributed by atoms with Crippen molar-refractivity contribution in [2.45, 2.75) is 31.7 Å². The number of nitrogens with one attached hydrogen (secondary N) is 2. The molecular formula is C28H31N7O2. The van der Waals surface area contributed by atoms with Crippen molar-refractivity contribution in [1.82, 2.24) is 29.4 Å². The maximum Gasteiger partial charge on any atom is 0.245 e. The molecule has 37 heavy (non-hydrogen) atoms.